The lowest BCUT2D eigenvalue weighted by Crippen LogP contribution is -2.54. The Balaban J connectivity index is 0.00000402. The van der Waals surface area contributed by atoms with E-state index in [4.69, 9.17) is 5.11 Å². The van der Waals surface area contributed by atoms with Gasteiger partial charge in [-0.15, -0.1) is 0 Å². The van der Waals surface area contributed by atoms with Crippen LogP contribution < -0.4 is 5.32 Å². The van der Waals surface area contributed by atoms with Crippen molar-refractivity contribution >= 4 is 30.0 Å². The summed E-state index contributed by atoms with van der Waals surface area (Å²) in [6, 6.07) is 0. The number of amides is 2. The number of nitrogens with one attached hydrogen (secondary N) is 1. The molecule has 15 heteroatoms. The van der Waals surface area contributed by atoms with E-state index in [0.29, 0.717) is 91.6 Å². The maximum absolute atomic E-state index is 13.1. The number of aliphatic carboxylic acids is 2. The van der Waals surface area contributed by atoms with Crippen LogP contribution in [0.15, 0.2) is 0 Å². The fourth-order valence-electron chi connectivity index (χ4n) is 4.63. The summed E-state index contributed by atoms with van der Waals surface area (Å²) < 4.78 is 0. The molecule has 244 valence electrons. The van der Waals surface area contributed by atoms with Crippen molar-refractivity contribution < 1.29 is 39.3 Å². The molecule has 2 fully saturated rings. The largest absolute Gasteiger partial charge is 0.480 e. The minimum atomic E-state index is -0.966. The Morgan fingerprint density at radius 2 is 0.976 bits per heavy atom. The molecule has 0 saturated carbocycles. The average molecular weight is 604 g/mol. The zero-order valence-electron chi connectivity index (χ0n) is 25.9. The van der Waals surface area contributed by atoms with Crippen molar-refractivity contribution in [2.45, 2.75) is 20.8 Å². The second-order valence-corrected chi connectivity index (χ2v) is 9.69. The van der Waals surface area contributed by atoms with E-state index in [9.17, 15) is 34.2 Å². The van der Waals surface area contributed by atoms with E-state index in [2.05, 4.69) is 5.32 Å². The summed E-state index contributed by atoms with van der Waals surface area (Å²) in [6.45, 7) is 12.7. The molecule has 2 aliphatic rings. The third kappa shape index (κ3) is 17.3. The molecule has 15 nitrogen and oxygen atoms in total. The Morgan fingerprint density at radius 3 is 1.36 bits per heavy atom. The molecular formula is C27H53N7O8. The molecule has 0 spiro atoms. The highest BCUT2D eigenvalue weighted by Crippen LogP contribution is 2.05. The number of carbonyl (C=O) groups is 5. The second kappa shape index (κ2) is 23.8. The lowest BCUT2D eigenvalue weighted by Gasteiger charge is -2.36. The Kier molecular flexibility index (Phi) is 22.3. The quantitative estimate of drug-likeness (QED) is 0.182. The summed E-state index contributed by atoms with van der Waals surface area (Å²) in [5, 5.41) is 28.4. The van der Waals surface area contributed by atoms with Gasteiger partial charge in [-0.25, -0.2) is 0 Å². The van der Waals surface area contributed by atoms with Crippen LogP contribution in [0.25, 0.3) is 0 Å². The number of hydrogen-bond acceptors (Lipinski definition) is 11. The smallest absolute Gasteiger partial charge is 0.317 e. The van der Waals surface area contributed by atoms with Gasteiger partial charge in [-0.2, -0.15) is 0 Å². The van der Waals surface area contributed by atoms with Crippen LogP contribution in [-0.4, -0.2) is 200 Å². The fourth-order valence-corrected chi connectivity index (χ4v) is 4.63. The highest BCUT2D eigenvalue weighted by molar-refractivity contribution is 5.79. The first kappa shape index (κ1) is 39.3. The van der Waals surface area contributed by atoms with Gasteiger partial charge in [-0.3, -0.25) is 43.7 Å². The van der Waals surface area contributed by atoms with E-state index in [0.717, 1.165) is 13.4 Å². The first-order valence-corrected chi connectivity index (χ1v) is 14.7. The van der Waals surface area contributed by atoms with Crippen LogP contribution >= 0.6 is 0 Å². The molecule has 0 aliphatic carbocycles. The van der Waals surface area contributed by atoms with Crippen molar-refractivity contribution in [2.75, 3.05) is 125 Å². The molecule has 0 radical (unpaired) electrons. The highest BCUT2D eigenvalue weighted by Gasteiger charge is 2.25. The Bertz CT molecular complexity index is 796. The first-order valence-electron chi connectivity index (χ1n) is 14.7. The molecule has 4 N–H and O–H groups in total. The molecule has 0 bridgehead atoms. The third-order valence-corrected chi connectivity index (χ3v) is 6.81. The van der Waals surface area contributed by atoms with E-state index >= 15 is 0 Å². The number of carbonyl (C=O) groups excluding carboxylic acids is 3. The Hall–Kier alpha value is -2.69. The minimum absolute atomic E-state index is 0.0193. The Morgan fingerprint density at radius 1 is 0.619 bits per heavy atom. The number of nitrogens with zero attached hydrogens (tertiary/aromatic N) is 6. The number of rotatable bonds is 11. The minimum Gasteiger partial charge on any atom is -0.480 e. The van der Waals surface area contributed by atoms with Crippen molar-refractivity contribution in [3.05, 3.63) is 0 Å². The number of hydrogen-bond donors (Lipinski definition) is 4. The van der Waals surface area contributed by atoms with E-state index < -0.39 is 11.9 Å². The van der Waals surface area contributed by atoms with Gasteiger partial charge in [0.2, 0.25) is 11.8 Å². The third-order valence-electron chi connectivity index (χ3n) is 6.81. The van der Waals surface area contributed by atoms with Crippen molar-refractivity contribution in [3.63, 3.8) is 0 Å². The van der Waals surface area contributed by atoms with E-state index in [-0.39, 0.29) is 38.0 Å². The molecule has 2 heterocycles. The molecule has 2 amide bonds. The fraction of sp³-hybridized carbons (Fsp3) is 0.815. The number of aliphatic hydroxyl groups excluding tert-OH is 1. The molecule has 0 aromatic rings. The van der Waals surface area contributed by atoms with Crippen LogP contribution in [0.3, 0.4) is 0 Å². The van der Waals surface area contributed by atoms with Crippen molar-refractivity contribution in [2.24, 2.45) is 0 Å². The summed E-state index contributed by atoms with van der Waals surface area (Å²) in [7, 11) is 1.00. The zero-order chi connectivity index (χ0) is 31.9. The number of carboxylic acid groups (broad SMARTS) is 2. The lowest BCUT2D eigenvalue weighted by atomic mass is 10.2. The maximum Gasteiger partial charge on any atom is 0.317 e. The molecule has 2 rings (SSSR count). The Labute approximate surface area is 250 Å². The summed E-state index contributed by atoms with van der Waals surface area (Å²) >= 11 is 0. The van der Waals surface area contributed by atoms with Crippen LogP contribution in [0, 0.1) is 0 Å². The van der Waals surface area contributed by atoms with Crippen LogP contribution in [-0.2, 0) is 24.0 Å². The first-order chi connectivity index (χ1) is 20.2. The number of likely N-dealkylation sites (N-methyl/N-ethyl adjacent to an activating group) is 1. The molecule has 2 aliphatic heterocycles. The maximum atomic E-state index is 13.1. The summed E-state index contributed by atoms with van der Waals surface area (Å²) in [5.74, 6) is -1.97. The van der Waals surface area contributed by atoms with Gasteiger partial charge in [-0.1, -0.05) is 13.8 Å². The van der Waals surface area contributed by atoms with Crippen LogP contribution in [0.5, 0.6) is 0 Å². The second-order valence-electron chi connectivity index (χ2n) is 9.69. The summed E-state index contributed by atoms with van der Waals surface area (Å²) in [5.41, 5.74) is 0. The summed E-state index contributed by atoms with van der Waals surface area (Å²) in [6.07, 6.45) is 0.817. The van der Waals surface area contributed by atoms with Gasteiger partial charge in [-0.05, 0) is 6.92 Å². The van der Waals surface area contributed by atoms with Gasteiger partial charge in [0.15, 0.2) is 0 Å². The predicted octanol–water partition coefficient (Wildman–Crippen LogP) is -2.51. The number of aldehydes is 1. The van der Waals surface area contributed by atoms with Gasteiger partial charge in [0.25, 0.3) is 0 Å². The van der Waals surface area contributed by atoms with Gasteiger partial charge >= 0.3 is 11.9 Å². The van der Waals surface area contributed by atoms with E-state index in [1.54, 1.807) is 14.7 Å². The molecule has 0 aromatic carbocycles. The van der Waals surface area contributed by atoms with E-state index in [1.165, 1.54) is 0 Å². The topological polar surface area (TPSA) is 178 Å². The molecule has 0 unspecified atom stereocenters. The number of aliphatic hydroxyl groups is 1. The monoisotopic (exact) mass is 603 g/mol. The van der Waals surface area contributed by atoms with Gasteiger partial charge in [0.05, 0.1) is 32.7 Å². The zero-order valence-corrected chi connectivity index (χ0v) is 25.9. The standard InChI is InChI=1S/C24H43N7O7.C2H6.CH4O/c1-2-25-21(33)17-27-11-13-31(14-12-27)22(34)18-28-5-3-26(15-16-32)4-6-29(19-23(35)36)9-10-30(8-7-28)20-24(37)38;2*1-2/h16H,2-15,17-20H2,1H3,(H,25,33)(H,35,36)(H,37,38);1-2H3;2H,1H3. The van der Waals surface area contributed by atoms with Crippen LogP contribution in [0.1, 0.15) is 20.8 Å². The van der Waals surface area contributed by atoms with Gasteiger partial charge in [0.1, 0.15) is 6.29 Å². The van der Waals surface area contributed by atoms with Crippen molar-refractivity contribution in [1.29, 1.82) is 0 Å². The molecule has 0 aromatic heterocycles. The normalized spacial score (nSPS) is 18.6. The predicted molar refractivity (Wildman–Crippen MR) is 158 cm³/mol. The molecule has 2 saturated heterocycles. The SMILES string of the molecule is CC.CCNC(=O)CN1CCN(C(=O)CN2CCN(CC=O)CCN(CC(=O)O)CCN(CC(=O)O)CC2)CC1.CO. The molecule has 42 heavy (non-hydrogen) atoms. The highest BCUT2D eigenvalue weighted by atomic mass is 16.4. The summed E-state index contributed by atoms with van der Waals surface area (Å²) in [4.78, 5) is 70.2. The van der Waals surface area contributed by atoms with Crippen molar-refractivity contribution in [3.8, 4) is 0 Å². The van der Waals surface area contributed by atoms with Crippen molar-refractivity contribution in [1.82, 2.24) is 34.7 Å². The molecule has 0 atom stereocenters. The lowest BCUT2D eigenvalue weighted by molar-refractivity contribution is -0.140. The van der Waals surface area contributed by atoms with Crippen LogP contribution in [0.4, 0.5) is 0 Å². The average Bonchev–Trinajstić information content (AvgIpc) is 2.96. The number of piperazine rings is 1. The number of carboxylic acids is 2. The van der Waals surface area contributed by atoms with Gasteiger partial charge in [0, 0.05) is 92.2 Å². The van der Waals surface area contributed by atoms with Gasteiger partial charge < -0.3 is 30.3 Å². The van der Waals surface area contributed by atoms with E-state index in [1.807, 2.05) is 35.5 Å². The van der Waals surface area contributed by atoms with Crippen LogP contribution in [0.2, 0.25) is 0 Å². The molecular weight excluding hydrogens is 550 g/mol.